The van der Waals surface area contributed by atoms with E-state index < -0.39 is 10.9 Å². The minimum absolute atomic E-state index is 0.0628. The minimum Gasteiger partial charge on any atom is -0.366 e. The Bertz CT molecular complexity index is 1160. The first-order valence-electron chi connectivity index (χ1n) is 12.0. The summed E-state index contributed by atoms with van der Waals surface area (Å²) in [6, 6.07) is 6.00. The van der Waals surface area contributed by atoms with Gasteiger partial charge in [0.25, 0.3) is 0 Å². The standard InChI is InChI=1S/C24H33ClN6O3S/c1-24(2)11-10-21(32)31(3)20-9-8-16(12-17(20)24)28-23-26-14-18(25)22(30-23)29-19-7-5-4-6-15(19)13-27-35(33)34/h8-9,12,14-15,19,35H,4-7,10-11,13H2,1-3H3,(H,27,33,34)(H2,26,28,29,30)/t15-,19-/m1/s1. The molecular weight excluding hydrogens is 488 g/mol. The fraction of sp³-hybridized carbons (Fsp3) is 0.542. The number of hydrogen-bond acceptors (Lipinski definition) is 7. The van der Waals surface area contributed by atoms with Crippen molar-refractivity contribution in [2.45, 2.75) is 63.8 Å². The zero-order valence-electron chi connectivity index (χ0n) is 20.3. The Morgan fingerprint density at radius 2 is 2.00 bits per heavy atom. The lowest BCUT2D eigenvalue weighted by atomic mass is 9.80. The van der Waals surface area contributed by atoms with Crippen molar-refractivity contribution in [1.82, 2.24) is 14.7 Å². The Balaban J connectivity index is 1.54. The summed E-state index contributed by atoms with van der Waals surface area (Å²) < 4.78 is 24.5. The van der Waals surface area contributed by atoms with Gasteiger partial charge in [0, 0.05) is 37.4 Å². The lowest BCUT2D eigenvalue weighted by Crippen LogP contribution is -2.38. The molecule has 2 aliphatic rings. The predicted octanol–water partition coefficient (Wildman–Crippen LogP) is 3.99. The number of nitrogens with zero attached hydrogens (tertiary/aromatic N) is 3. The van der Waals surface area contributed by atoms with Crippen LogP contribution in [0.1, 0.15) is 57.9 Å². The largest absolute Gasteiger partial charge is 0.366 e. The Labute approximate surface area is 213 Å². The van der Waals surface area contributed by atoms with Crippen molar-refractivity contribution in [2.24, 2.45) is 5.92 Å². The summed E-state index contributed by atoms with van der Waals surface area (Å²) in [5, 5.41) is 7.11. The second-order valence-corrected chi connectivity index (χ2v) is 11.2. The van der Waals surface area contributed by atoms with Gasteiger partial charge in [-0.2, -0.15) is 4.98 Å². The molecule has 1 fully saturated rings. The van der Waals surface area contributed by atoms with Crippen molar-refractivity contribution in [3.8, 4) is 0 Å². The molecule has 4 rings (SSSR count). The normalized spacial score (nSPS) is 22.0. The molecule has 1 aromatic carbocycles. The van der Waals surface area contributed by atoms with Crippen LogP contribution in [0.2, 0.25) is 5.02 Å². The van der Waals surface area contributed by atoms with Gasteiger partial charge >= 0.3 is 0 Å². The second-order valence-electron chi connectivity index (χ2n) is 10.00. The summed E-state index contributed by atoms with van der Waals surface area (Å²) in [7, 11) is -0.804. The molecule has 9 nitrogen and oxygen atoms in total. The summed E-state index contributed by atoms with van der Waals surface area (Å²) in [6.45, 7) is 4.70. The summed E-state index contributed by atoms with van der Waals surface area (Å²) >= 11 is 6.41. The molecule has 190 valence electrons. The van der Waals surface area contributed by atoms with Gasteiger partial charge in [0.15, 0.2) is 5.82 Å². The van der Waals surface area contributed by atoms with E-state index in [-0.39, 0.29) is 23.3 Å². The van der Waals surface area contributed by atoms with Crippen LogP contribution < -0.4 is 20.3 Å². The topological polar surface area (TPSA) is 116 Å². The highest BCUT2D eigenvalue weighted by Crippen LogP contribution is 2.40. The van der Waals surface area contributed by atoms with Gasteiger partial charge in [-0.3, -0.25) is 4.79 Å². The smallest absolute Gasteiger partial charge is 0.229 e. The van der Waals surface area contributed by atoms with Gasteiger partial charge in [0.1, 0.15) is 5.02 Å². The number of rotatable bonds is 7. The molecule has 3 N–H and O–H groups in total. The molecule has 0 radical (unpaired) electrons. The van der Waals surface area contributed by atoms with Gasteiger partial charge in [0.05, 0.1) is 6.20 Å². The number of amides is 1. The number of anilines is 4. The summed E-state index contributed by atoms with van der Waals surface area (Å²) in [4.78, 5) is 23.1. The number of halogens is 1. The molecule has 2 heterocycles. The Hall–Kier alpha value is -2.43. The van der Waals surface area contributed by atoms with Crippen LogP contribution in [0, 0.1) is 5.92 Å². The molecule has 1 aliphatic carbocycles. The van der Waals surface area contributed by atoms with Crippen LogP contribution in [-0.2, 0) is 21.1 Å². The lowest BCUT2D eigenvalue weighted by Gasteiger charge is -2.32. The molecule has 35 heavy (non-hydrogen) atoms. The van der Waals surface area contributed by atoms with Crippen molar-refractivity contribution < 1.29 is 13.2 Å². The van der Waals surface area contributed by atoms with E-state index in [1.54, 1.807) is 11.1 Å². The first-order chi connectivity index (χ1) is 16.6. The molecule has 0 bridgehead atoms. The van der Waals surface area contributed by atoms with Crippen molar-refractivity contribution in [3.05, 3.63) is 35.0 Å². The van der Waals surface area contributed by atoms with Crippen LogP contribution in [-0.4, -0.2) is 43.9 Å². The van der Waals surface area contributed by atoms with Crippen molar-refractivity contribution >= 4 is 51.5 Å². The van der Waals surface area contributed by atoms with E-state index in [2.05, 4.69) is 45.2 Å². The maximum Gasteiger partial charge on any atom is 0.229 e. The summed E-state index contributed by atoms with van der Waals surface area (Å²) in [5.41, 5.74) is 2.68. The average Bonchev–Trinajstić information content (AvgIpc) is 2.91. The van der Waals surface area contributed by atoms with Crippen LogP contribution in [0.3, 0.4) is 0 Å². The number of hydrogen-bond donors (Lipinski definition) is 4. The van der Waals surface area contributed by atoms with Gasteiger partial charge in [-0.15, -0.1) is 0 Å². The van der Waals surface area contributed by atoms with Gasteiger partial charge in [-0.05, 0) is 54.4 Å². The molecule has 1 amide bonds. The van der Waals surface area contributed by atoms with E-state index in [1.165, 1.54) is 0 Å². The number of nitrogens with one attached hydrogen (secondary N) is 3. The maximum atomic E-state index is 12.4. The van der Waals surface area contributed by atoms with E-state index in [9.17, 15) is 13.2 Å². The van der Waals surface area contributed by atoms with Crippen LogP contribution in [0.5, 0.6) is 0 Å². The van der Waals surface area contributed by atoms with E-state index in [1.807, 2.05) is 19.2 Å². The fourth-order valence-electron chi connectivity index (χ4n) is 4.97. The first-order valence-corrected chi connectivity index (χ1v) is 13.5. The predicted molar refractivity (Wildman–Crippen MR) is 140 cm³/mol. The second kappa shape index (κ2) is 10.7. The van der Waals surface area contributed by atoms with Gasteiger partial charge < -0.3 is 15.5 Å². The average molecular weight is 521 g/mol. The Morgan fingerprint density at radius 1 is 1.23 bits per heavy atom. The van der Waals surface area contributed by atoms with E-state index in [4.69, 9.17) is 11.6 Å². The minimum atomic E-state index is -2.62. The van der Waals surface area contributed by atoms with Crippen molar-refractivity contribution in [1.29, 1.82) is 0 Å². The molecule has 2 aromatic rings. The van der Waals surface area contributed by atoms with Gasteiger partial charge in [-0.1, -0.05) is 38.3 Å². The molecular formula is C24H33ClN6O3S. The number of carbonyl (C=O) groups excluding carboxylic acids is 1. The molecule has 2 atom stereocenters. The number of fused-ring (bicyclic) bond motifs is 1. The highest BCUT2D eigenvalue weighted by molar-refractivity contribution is 7.70. The molecule has 0 spiro atoms. The van der Waals surface area contributed by atoms with E-state index >= 15 is 0 Å². The highest BCUT2D eigenvalue weighted by atomic mass is 35.5. The highest BCUT2D eigenvalue weighted by Gasteiger charge is 2.31. The SMILES string of the molecule is CN1C(=O)CCC(C)(C)c2cc(Nc3ncc(Cl)c(N[C@@H]4CCCC[C@@H]4CN[SH](=O)=O)n3)ccc21. The Morgan fingerprint density at radius 3 is 2.77 bits per heavy atom. The quantitative estimate of drug-likeness (QED) is 0.408. The molecule has 1 aliphatic heterocycles. The van der Waals surface area contributed by atoms with Gasteiger partial charge in [0.2, 0.25) is 22.7 Å². The van der Waals surface area contributed by atoms with Crippen molar-refractivity contribution in [3.63, 3.8) is 0 Å². The van der Waals surface area contributed by atoms with Crippen LogP contribution in [0.4, 0.5) is 23.1 Å². The maximum absolute atomic E-state index is 12.4. The van der Waals surface area contributed by atoms with Gasteiger partial charge in [-0.25, -0.2) is 18.1 Å². The summed E-state index contributed by atoms with van der Waals surface area (Å²) in [6.07, 6.45) is 6.83. The van der Waals surface area contributed by atoms with E-state index in [0.717, 1.165) is 49.0 Å². The molecule has 11 heteroatoms. The zero-order valence-corrected chi connectivity index (χ0v) is 22.0. The van der Waals surface area contributed by atoms with E-state index in [0.29, 0.717) is 29.8 Å². The third-order valence-electron chi connectivity index (χ3n) is 7.14. The van der Waals surface area contributed by atoms with Crippen LogP contribution in [0.15, 0.2) is 24.4 Å². The number of aromatic nitrogens is 2. The first kappa shape index (κ1) is 25.7. The zero-order chi connectivity index (χ0) is 25.2. The number of benzene rings is 1. The van der Waals surface area contributed by atoms with Crippen LogP contribution >= 0.6 is 11.6 Å². The molecule has 0 saturated heterocycles. The summed E-state index contributed by atoms with van der Waals surface area (Å²) in [5.74, 6) is 1.20. The van der Waals surface area contributed by atoms with Crippen molar-refractivity contribution in [2.75, 3.05) is 29.1 Å². The van der Waals surface area contributed by atoms with Crippen LogP contribution in [0.25, 0.3) is 0 Å². The lowest BCUT2D eigenvalue weighted by molar-refractivity contribution is -0.118. The number of carbonyl (C=O) groups is 1. The molecule has 1 saturated carbocycles. The molecule has 0 unspecified atom stereocenters. The number of thiol groups is 1. The molecule has 1 aromatic heterocycles. The third kappa shape index (κ3) is 6.05. The fourth-order valence-corrected chi connectivity index (χ4v) is 5.50. The third-order valence-corrected chi connectivity index (χ3v) is 7.86. The Kier molecular flexibility index (Phi) is 7.83. The monoisotopic (exact) mass is 520 g/mol.